The zero-order valence-electron chi connectivity index (χ0n) is 13.4. The van der Waals surface area contributed by atoms with E-state index < -0.39 is 0 Å². The van der Waals surface area contributed by atoms with Crippen LogP contribution in [0.5, 0.6) is 0 Å². The Kier molecular flexibility index (Phi) is 4.24. The largest absolute Gasteiger partial charge is 0.355 e. The number of amides is 1. The second-order valence-corrected chi connectivity index (χ2v) is 6.39. The van der Waals surface area contributed by atoms with Crippen molar-refractivity contribution in [3.63, 3.8) is 0 Å². The van der Waals surface area contributed by atoms with Gasteiger partial charge in [0.1, 0.15) is 5.56 Å². The second-order valence-electron chi connectivity index (χ2n) is 5.99. The van der Waals surface area contributed by atoms with Crippen LogP contribution < -0.4 is 0 Å². The minimum atomic E-state index is -0.0875. The Bertz CT molecular complexity index is 894. The summed E-state index contributed by atoms with van der Waals surface area (Å²) in [6, 6.07) is 11.2. The van der Waals surface area contributed by atoms with Crippen LogP contribution in [0.4, 0.5) is 0 Å². The molecule has 1 aliphatic heterocycles. The number of carbonyl (C=O) groups is 1. The van der Waals surface area contributed by atoms with E-state index in [-0.39, 0.29) is 11.9 Å². The molecule has 3 heterocycles. The fraction of sp³-hybridized carbons (Fsp3) is 0.211. The number of nitrogens with zero attached hydrogens (tertiary/aromatic N) is 3. The third-order valence-electron chi connectivity index (χ3n) is 4.52. The van der Waals surface area contributed by atoms with Gasteiger partial charge < -0.3 is 9.42 Å². The van der Waals surface area contributed by atoms with Crippen LogP contribution in [0.3, 0.4) is 0 Å². The lowest BCUT2D eigenvalue weighted by molar-refractivity contribution is 0.0736. The number of halogens is 1. The monoisotopic (exact) mass is 353 g/mol. The minimum Gasteiger partial charge on any atom is -0.355 e. The zero-order chi connectivity index (χ0) is 17.2. The fourth-order valence-corrected chi connectivity index (χ4v) is 3.55. The second kappa shape index (κ2) is 6.69. The average molecular weight is 354 g/mol. The molecule has 1 fully saturated rings. The maximum Gasteiger partial charge on any atom is 0.259 e. The molecule has 0 radical (unpaired) electrons. The standard InChI is InChI=1S/C19H16ClN3O2/c20-16-5-2-1-4-14(16)18-15(12-22-25-18)19(24)23-11-3-6-17(23)13-7-9-21-10-8-13/h1-2,4-5,7-10,12,17H,3,6,11H2. The van der Waals surface area contributed by atoms with Crippen molar-refractivity contribution in [3.8, 4) is 11.3 Å². The first kappa shape index (κ1) is 15.8. The third kappa shape index (κ3) is 2.91. The molecule has 0 saturated carbocycles. The molecule has 4 rings (SSSR count). The lowest BCUT2D eigenvalue weighted by Gasteiger charge is -2.24. The van der Waals surface area contributed by atoms with Crippen molar-refractivity contribution in [2.45, 2.75) is 18.9 Å². The molecule has 126 valence electrons. The first-order chi connectivity index (χ1) is 12.3. The highest BCUT2D eigenvalue weighted by Gasteiger charge is 2.33. The van der Waals surface area contributed by atoms with E-state index in [1.807, 2.05) is 35.2 Å². The van der Waals surface area contributed by atoms with Gasteiger partial charge >= 0.3 is 0 Å². The molecule has 1 amide bonds. The number of aromatic nitrogens is 2. The first-order valence-corrected chi connectivity index (χ1v) is 8.54. The van der Waals surface area contributed by atoms with Gasteiger partial charge in [0.05, 0.1) is 17.3 Å². The van der Waals surface area contributed by atoms with Gasteiger partial charge in [0.15, 0.2) is 5.76 Å². The van der Waals surface area contributed by atoms with Gasteiger partial charge in [-0.2, -0.15) is 0 Å². The Morgan fingerprint density at radius 3 is 2.80 bits per heavy atom. The highest BCUT2D eigenvalue weighted by Crippen LogP contribution is 2.36. The topological polar surface area (TPSA) is 59.2 Å². The van der Waals surface area contributed by atoms with E-state index in [0.29, 0.717) is 28.5 Å². The molecule has 1 aromatic carbocycles. The Morgan fingerprint density at radius 1 is 1.20 bits per heavy atom. The summed E-state index contributed by atoms with van der Waals surface area (Å²) in [5, 5.41) is 4.37. The van der Waals surface area contributed by atoms with Crippen LogP contribution in [0, 0.1) is 0 Å². The van der Waals surface area contributed by atoms with Gasteiger partial charge in [0.25, 0.3) is 5.91 Å². The normalized spacial score (nSPS) is 17.0. The molecule has 1 unspecified atom stereocenters. The summed E-state index contributed by atoms with van der Waals surface area (Å²) in [5.41, 5.74) is 2.20. The number of pyridine rings is 1. The lowest BCUT2D eigenvalue weighted by atomic mass is 10.0. The number of hydrogen-bond acceptors (Lipinski definition) is 4. The van der Waals surface area contributed by atoms with Crippen molar-refractivity contribution >= 4 is 17.5 Å². The summed E-state index contributed by atoms with van der Waals surface area (Å²) in [4.78, 5) is 19.1. The van der Waals surface area contributed by atoms with Crippen molar-refractivity contribution < 1.29 is 9.32 Å². The first-order valence-electron chi connectivity index (χ1n) is 8.16. The maximum absolute atomic E-state index is 13.2. The molecule has 2 aromatic heterocycles. The number of hydrogen-bond donors (Lipinski definition) is 0. The van der Waals surface area contributed by atoms with Crippen LogP contribution in [-0.2, 0) is 0 Å². The van der Waals surface area contributed by atoms with Gasteiger partial charge in [0.2, 0.25) is 0 Å². The molecule has 25 heavy (non-hydrogen) atoms. The Labute approximate surface area is 150 Å². The number of rotatable bonds is 3. The summed E-state index contributed by atoms with van der Waals surface area (Å²) in [6.07, 6.45) is 6.88. The number of carbonyl (C=O) groups excluding carboxylic acids is 1. The Morgan fingerprint density at radius 2 is 2.00 bits per heavy atom. The summed E-state index contributed by atoms with van der Waals surface area (Å²) in [6.45, 7) is 0.707. The van der Waals surface area contributed by atoms with Gasteiger partial charge in [-0.15, -0.1) is 0 Å². The van der Waals surface area contributed by atoms with Crippen molar-refractivity contribution in [1.82, 2.24) is 15.0 Å². The summed E-state index contributed by atoms with van der Waals surface area (Å²) in [7, 11) is 0. The molecular weight excluding hydrogens is 338 g/mol. The molecule has 3 aromatic rings. The van der Waals surface area contributed by atoms with E-state index in [2.05, 4.69) is 10.1 Å². The van der Waals surface area contributed by atoms with Crippen molar-refractivity contribution in [1.29, 1.82) is 0 Å². The van der Waals surface area contributed by atoms with Crippen LogP contribution in [0.2, 0.25) is 5.02 Å². The van der Waals surface area contributed by atoms with Crippen LogP contribution in [-0.4, -0.2) is 27.5 Å². The summed E-state index contributed by atoms with van der Waals surface area (Å²) < 4.78 is 5.36. The van der Waals surface area contributed by atoms with Crippen molar-refractivity contribution in [2.24, 2.45) is 0 Å². The predicted octanol–water partition coefficient (Wildman–Crippen LogP) is 4.37. The van der Waals surface area contributed by atoms with Crippen molar-refractivity contribution in [3.05, 3.63) is 71.1 Å². The predicted molar refractivity (Wildman–Crippen MR) is 94.2 cm³/mol. The molecule has 1 saturated heterocycles. The molecule has 0 N–H and O–H groups in total. The van der Waals surface area contributed by atoms with Gasteiger partial charge in [-0.05, 0) is 42.7 Å². The van der Waals surface area contributed by atoms with Gasteiger partial charge in [0, 0.05) is 24.5 Å². The Balaban J connectivity index is 1.68. The molecule has 5 nitrogen and oxygen atoms in total. The average Bonchev–Trinajstić information content (AvgIpc) is 3.32. The summed E-state index contributed by atoms with van der Waals surface area (Å²) >= 11 is 6.26. The van der Waals surface area contributed by atoms with E-state index in [9.17, 15) is 4.79 Å². The van der Waals surface area contributed by atoms with Gasteiger partial charge in [-0.25, -0.2) is 0 Å². The highest BCUT2D eigenvalue weighted by molar-refractivity contribution is 6.33. The molecule has 1 atom stereocenters. The van der Waals surface area contributed by atoms with Crippen LogP contribution in [0.15, 0.2) is 59.5 Å². The third-order valence-corrected chi connectivity index (χ3v) is 4.85. The quantitative estimate of drug-likeness (QED) is 0.701. The summed E-state index contributed by atoms with van der Waals surface area (Å²) in [5.74, 6) is 0.325. The van der Waals surface area contributed by atoms with Crippen LogP contribution >= 0.6 is 11.6 Å². The van der Waals surface area contributed by atoms with Crippen LogP contribution in [0.1, 0.15) is 34.8 Å². The molecule has 0 aliphatic carbocycles. The van der Waals surface area contributed by atoms with E-state index in [1.54, 1.807) is 18.5 Å². The number of benzene rings is 1. The van der Waals surface area contributed by atoms with E-state index in [0.717, 1.165) is 18.4 Å². The van der Waals surface area contributed by atoms with E-state index in [1.165, 1.54) is 6.20 Å². The molecule has 1 aliphatic rings. The minimum absolute atomic E-state index is 0.0458. The van der Waals surface area contributed by atoms with Gasteiger partial charge in [-0.3, -0.25) is 9.78 Å². The maximum atomic E-state index is 13.2. The van der Waals surface area contributed by atoms with Crippen molar-refractivity contribution in [2.75, 3.05) is 6.54 Å². The molecular formula is C19H16ClN3O2. The SMILES string of the molecule is O=C(c1cnoc1-c1ccccc1Cl)N1CCCC1c1ccncc1. The molecule has 0 spiro atoms. The van der Waals surface area contributed by atoms with E-state index in [4.69, 9.17) is 16.1 Å². The van der Waals surface area contributed by atoms with E-state index >= 15 is 0 Å². The number of likely N-dealkylation sites (tertiary alicyclic amines) is 1. The van der Waals surface area contributed by atoms with Crippen LogP contribution in [0.25, 0.3) is 11.3 Å². The van der Waals surface area contributed by atoms with Gasteiger partial charge in [-0.1, -0.05) is 28.9 Å². The Hall–Kier alpha value is -2.66. The highest BCUT2D eigenvalue weighted by atomic mass is 35.5. The fourth-order valence-electron chi connectivity index (χ4n) is 3.33. The zero-order valence-corrected chi connectivity index (χ0v) is 14.2. The lowest BCUT2D eigenvalue weighted by Crippen LogP contribution is -2.30. The smallest absolute Gasteiger partial charge is 0.259 e. The molecule has 6 heteroatoms. The molecule has 0 bridgehead atoms.